The summed E-state index contributed by atoms with van der Waals surface area (Å²) in [4.78, 5) is 26.2. The van der Waals surface area contributed by atoms with E-state index in [1.165, 1.54) is 4.90 Å². The summed E-state index contributed by atoms with van der Waals surface area (Å²) in [6.07, 6.45) is 1.78. The minimum absolute atomic E-state index is 0.166. The number of hydrogen-bond acceptors (Lipinski definition) is 4. The van der Waals surface area contributed by atoms with Crippen LogP contribution in [0.25, 0.3) is 6.08 Å². The van der Waals surface area contributed by atoms with Crippen LogP contribution in [-0.2, 0) is 4.79 Å². The molecule has 0 aromatic heterocycles. The van der Waals surface area contributed by atoms with Gasteiger partial charge in [0, 0.05) is 5.69 Å². The molecule has 0 unspecified atom stereocenters. The van der Waals surface area contributed by atoms with Gasteiger partial charge in [0.1, 0.15) is 0 Å². The van der Waals surface area contributed by atoms with Crippen LogP contribution >= 0.6 is 11.8 Å². The van der Waals surface area contributed by atoms with Gasteiger partial charge in [0.25, 0.3) is 11.1 Å². The molecule has 5 heteroatoms. The van der Waals surface area contributed by atoms with Gasteiger partial charge in [0.15, 0.2) is 0 Å². The summed E-state index contributed by atoms with van der Waals surface area (Å²) in [7, 11) is 0. The maximum Gasteiger partial charge on any atom is 0.295 e. The normalized spacial score (nSPS) is 16.2. The maximum absolute atomic E-state index is 12.4. The number of nitrogens with one attached hydrogen (secondary N) is 1. The van der Waals surface area contributed by atoms with E-state index in [4.69, 9.17) is 0 Å². The Morgan fingerprint density at radius 2 is 1.74 bits per heavy atom. The summed E-state index contributed by atoms with van der Waals surface area (Å²) >= 11 is 0.979. The van der Waals surface area contributed by atoms with Gasteiger partial charge in [-0.1, -0.05) is 42.5 Å². The second-order valence-corrected chi connectivity index (χ2v) is 6.16. The number of nitrogens with zero attached hydrogens (tertiary/aromatic N) is 1. The first-order chi connectivity index (χ1) is 11.1. The lowest BCUT2D eigenvalue weighted by Crippen LogP contribution is -2.33. The summed E-state index contributed by atoms with van der Waals surface area (Å²) in [6, 6.07) is 17.3. The van der Waals surface area contributed by atoms with Gasteiger partial charge in [-0.25, -0.2) is 0 Å². The zero-order valence-electron chi connectivity index (χ0n) is 12.7. The zero-order chi connectivity index (χ0) is 16.2. The third-order valence-corrected chi connectivity index (χ3v) is 4.47. The Kier molecular flexibility index (Phi) is 4.48. The number of para-hydroxylation sites is 1. The molecule has 4 nitrogen and oxygen atoms in total. The first-order valence-electron chi connectivity index (χ1n) is 7.25. The van der Waals surface area contributed by atoms with Crippen molar-refractivity contribution in [2.45, 2.75) is 6.92 Å². The van der Waals surface area contributed by atoms with Crippen LogP contribution in [-0.4, -0.2) is 22.7 Å². The van der Waals surface area contributed by atoms with Crippen molar-refractivity contribution in [1.82, 2.24) is 4.90 Å². The van der Waals surface area contributed by atoms with Gasteiger partial charge in [-0.05, 0) is 48.0 Å². The summed E-state index contributed by atoms with van der Waals surface area (Å²) in [5.41, 5.74) is 2.89. The molecule has 1 aliphatic rings. The molecule has 23 heavy (non-hydrogen) atoms. The number of carbonyl (C=O) groups excluding carboxylic acids is 2. The predicted molar refractivity (Wildman–Crippen MR) is 93.9 cm³/mol. The number of rotatable bonds is 4. The summed E-state index contributed by atoms with van der Waals surface area (Å²) in [5, 5.41) is 2.84. The Bertz CT molecular complexity index is 772. The smallest absolute Gasteiger partial charge is 0.295 e. The van der Waals surface area contributed by atoms with Crippen molar-refractivity contribution in [1.29, 1.82) is 0 Å². The fourth-order valence-electron chi connectivity index (χ4n) is 2.25. The van der Waals surface area contributed by atoms with Crippen LogP contribution < -0.4 is 5.32 Å². The topological polar surface area (TPSA) is 49.4 Å². The average Bonchev–Trinajstić information content (AvgIpc) is 2.82. The monoisotopic (exact) mass is 324 g/mol. The second-order valence-electron chi connectivity index (χ2n) is 5.17. The Hall–Kier alpha value is -2.53. The van der Waals surface area contributed by atoms with Crippen molar-refractivity contribution in [3.8, 4) is 0 Å². The Labute approximate surface area is 139 Å². The molecule has 2 aromatic rings. The van der Waals surface area contributed by atoms with Gasteiger partial charge in [0.2, 0.25) is 0 Å². The summed E-state index contributed by atoms with van der Waals surface area (Å²) in [6.45, 7) is 2.15. The van der Waals surface area contributed by atoms with E-state index in [0.29, 0.717) is 4.91 Å². The van der Waals surface area contributed by atoms with E-state index >= 15 is 0 Å². The third kappa shape index (κ3) is 3.46. The predicted octanol–water partition coefficient (Wildman–Crippen LogP) is 4.10. The van der Waals surface area contributed by atoms with Crippen LogP contribution in [0.5, 0.6) is 0 Å². The quantitative estimate of drug-likeness (QED) is 0.860. The lowest BCUT2D eigenvalue weighted by Gasteiger charge is -2.14. The van der Waals surface area contributed by atoms with E-state index in [0.717, 1.165) is 28.6 Å². The van der Waals surface area contributed by atoms with Crippen molar-refractivity contribution >= 4 is 34.7 Å². The molecule has 0 saturated carbocycles. The lowest BCUT2D eigenvalue weighted by molar-refractivity contribution is -0.122. The summed E-state index contributed by atoms with van der Waals surface area (Å²) in [5.74, 6) is -0.258. The number of thioether (sulfide) groups is 1. The van der Waals surface area contributed by atoms with E-state index in [2.05, 4.69) is 5.32 Å². The van der Waals surface area contributed by atoms with Gasteiger partial charge in [-0.2, -0.15) is 0 Å². The third-order valence-electron chi connectivity index (χ3n) is 3.56. The van der Waals surface area contributed by atoms with E-state index in [-0.39, 0.29) is 17.8 Å². The van der Waals surface area contributed by atoms with E-state index < -0.39 is 0 Å². The van der Waals surface area contributed by atoms with Crippen LogP contribution in [0.1, 0.15) is 11.1 Å². The van der Waals surface area contributed by atoms with Crippen LogP contribution in [0, 0.1) is 6.92 Å². The van der Waals surface area contributed by atoms with E-state index in [1.807, 2.05) is 61.5 Å². The van der Waals surface area contributed by atoms with Crippen molar-refractivity contribution in [3.05, 3.63) is 70.6 Å². The molecular weight excluding hydrogens is 308 g/mol. The molecule has 0 aliphatic carbocycles. The first kappa shape index (κ1) is 15.4. The highest BCUT2D eigenvalue weighted by Crippen LogP contribution is 2.32. The minimum Gasteiger partial charge on any atom is -0.367 e. The van der Waals surface area contributed by atoms with Crippen LogP contribution in [0.15, 0.2) is 59.5 Å². The number of imide groups is 1. The molecule has 3 rings (SSSR count). The molecule has 2 aromatic carbocycles. The molecule has 116 valence electrons. The van der Waals surface area contributed by atoms with Gasteiger partial charge in [-0.15, -0.1) is 0 Å². The molecule has 0 radical (unpaired) electrons. The highest BCUT2D eigenvalue weighted by molar-refractivity contribution is 8.18. The molecule has 1 N–H and O–H groups in total. The van der Waals surface area contributed by atoms with Gasteiger partial charge in [-0.3, -0.25) is 14.5 Å². The highest BCUT2D eigenvalue weighted by atomic mass is 32.2. The molecule has 1 aliphatic heterocycles. The largest absolute Gasteiger partial charge is 0.367 e. The SMILES string of the molecule is Cc1ccccc1/C=C1/SC(=O)N(CNc2ccccc2)C1=O. The number of benzene rings is 2. The number of carbonyl (C=O) groups is 2. The van der Waals surface area contributed by atoms with Crippen LogP contribution in [0.4, 0.5) is 10.5 Å². The Balaban J connectivity index is 1.74. The lowest BCUT2D eigenvalue weighted by atomic mass is 10.1. The zero-order valence-corrected chi connectivity index (χ0v) is 13.5. The van der Waals surface area contributed by atoms with Gasteiger partial charge >= 0.3 is 0 Å². The molecule has 2 amide bonds. The molecule has 1 saturated heterocycles. The van der Waals surface area contributed by atoms with Crippen LogP contribution in [0.3, 0.4) is 0 Å². The Morgan fingerprint density at radius 3 is 2.48 bits per heavy atom. The summed E-state index contributed by atoms with van der Waals surface area (Å²) < 4.78 is 0. The van der Waals surface area contributed by atoms with Crippen LogP contribution in [0.2, 0.25) is 0 Å². The van der Waals surface area contributed by atoms with E-state index in [9.17, 15) is 9.59 Å². The first-order valence-corrected chi connectivity index (χ1v) is 8.07. The minimum atomic E-state index is -0.258. The van der Waals surface area contributed by atoms with Crippen molar-refractivity contribution in [3.63, 3.8) is 0 Å². The second kappa shape index (κ2) is 6.71. The number of hydrogen-bond donors (Lipinski definition) is 1. The fourth-order valence-corrected chi connectivity index (χ4v) is 3.08. The molecule has 0 spiro atoms. The fraction of sp³-hybridized carbons (Fsp3) is 0.111. The molecule has 1 heterocycles. The van der Waals surface area contributed by atoms with Crippen molar-refractivity contribution in [2.24, 2.45) is 0 Å². The number of anilines is 1. The Morgan fingerprint density at radius 1 is 1.04 bits per heavy atom. The average molecular weight is 324 g/mol. The van der Waals surface area contributed by atoms with E-state index in [1.54, 1.807) is 6.08 Å². The van der Waals surface area contributed by atoms with Gasteiger partial charge in [0.05, 0.1) is 11.6 Å². The maximum atomic E-state index is 12.4. The highest BCUT2D eigenvalue weighted by Gasteiger charge is 2.34. The molecule has 1 fully saturated rings. The number of amides is 2. The van der Waals surface area contributed by atoms with Crippen molar-refractivity contribution < 1.29 is 9.59 Å². The molecule has 0 atom stereocenters. The molecule has 0 bridgehead atoms. The standard InChI is InChI=1S/C18H16N2O2S/c1-13-7-5-6-8-14(13)11-16-17(21)20(18(22)23-16)12-19-15-9-3-2-4-10-15/h2-11,19H,12H2,1H3/b16-11+. The van der Waals surface area contributed by atoms with Gasteiger partial charge < -0.3 is 5.32 Å². The molecular formula is C18H16N2O2S. The van der Waals surface area contributed by atoms with Crippen molar-refractivity contribution in [2.75, 3.05) is 12.0 Å². The number of aryl methyl sites for hydroxylation is 1.